The standard InChI is InChI=1S/C21H24F3N3O3/c1-26(13-19(28)25-18-10-5-4-9-17(18)21(22,23)24)14-20(29)27(2)12-15-7-6-8-16(11-15)30-3/h4-11H,12-14H2,1-3H3,(H,25,28). The van der Waals surface area contributed by atoms with E-state index in [4.69, 9.17) is 4.74 Å². The van der Waals surface area contributed by atoms with Crippen molar-refractivity contribution in [1.82, 2.24) is 9.80 Å². The highest BCUT2D eigenvalue weighted by Crippen LogP contribution is 2.34. The molecule has 2 aromatic rings. The second-order valence-electron chi connectivity index (χ2n) is 6.87. The molecule has 0 saturated heterocycles. The summed E-state index contributed by atoms with van der Waals surface area (Å²) in [5.41, 5.74) is -0.352. The Balaban J connectivity index is 1.89. The minimum Gasteiger partial charge on any atom is -0.497 e. The van der Waals surface area contributed by atoms with E-state index >= 15 is 0 Å². The molecule has 6 nitrogen and oxygen atoms in total. The Morgan fingerprint density at radius 1 is 1.03 bits per heavy atom. The number of nitrogens with zero attached hydrogens (tertiary/aromatic N) is 2. The van der Waals surface area contributed by atoms with Gasteiger partial charge >= 0.3 is 6.18 Å². The Hall–Kier alpha value is -3.07. The molecule has 2 amide bonds. The number of methoxy groups -OCH3 is 1. The molecule has 2 aromatic carbocycles. The number of halogens is 3. The van der Waals surface area contributed by atoms with E-state index in [1.807, 2.05) is 18.2 Å². The van der Waals surface area contributed by atoms with Gasteiger partial charge in [0.15, 0.2) is 0 Å². The lowest BCUT2D eigenvalue weighted by molar-refractivity contribution is -0.137. The normalized spacial score (nSPS) is 11.3. The van der Waals surface area contributed by atoms with Crippen LogP contribution in [0.3, 0.4) is 0 Å². The number of hydrogen-bond acceptors (Lipinski definition) is 4. The molecular weight excluding hydrogens is 399 g/mol. The summed E-state index contributed by atoms with van der Waals surface area (Å²) < 4.78 is 44.2. The lowest BCUT2D eigenvalue weighted by atomic mass is 10.1. The minimum atomic E-state index is -4.57. The zero-order valence-corrected chi connectivity index (χ0v) is 17.0. The van der Waals surface area contributed by atoms with Crippen molar-refractivity contribution in [2.45, 2.75) is 12.7 Å². The second-order valence-corrected chi connectivity index (χ2v) is 6.87. The van der Waals surface area contributed by atoms with Crippen LogP contribution in [0.2, 0.25) is 0 Å². The monoisotopic (exact) mass is 423 g/mol. The van der Waals surface area contributed by atoms with Crippen LogP contribution >= 0.6 is 0 Å². The third-order valence-electron chi connectivity index (χ3n) is 4.30. The van der Waals surface area contributed by atoms with Crippen molar-refractivity contribution in [3.05, 3.63) is 59.7 Å². The number of hydrogen-bond donors (Lipinski definition) is 1. The molecule has 30 heavy (non-hydrogen) atoms. The first-order chi connectivity index (χ1) is 14.1. The number of benzene rings is 2. The van der Waals surface area contributed by atoms with Crippen molar-refractivity contribution in [3.63, 3.8) is 0 Å². The summed E-state index contributed by atoms with van der Waals surface area (Å²) >= 11 is 0. The summed E-state index contributed by atoms with van der Waals surface area (Å²) in [6, 6.07) is 12.0. The summed E-state index contributed by atoms with van der Waals surface area (Å²) in [5.74, 6) is -0.192. The second kappa shape index (κ2) is 10.1. The van der Waals surface area contributed by atoms with E-state index in [0.29, 0.717) is 12.3 Å². The molecule has 1 N–H and O–H groups in total. The number of carbonyl (C=O) groups is 2. The lowest BCUT2D eigenvalue weighted by Crippen LogP contribution is -2.39. The molecule has 2 rings (SSSR count). The molecule has 0 heterocycles. The Morgan fingerprint density at radius 2 is 1.73 bits per heavy atom. The molecule has 0 fully saturated rings. The quantitative estimate of drug-likeness (QED) is 0.708. The topological polar surface area (TPSA) is 61.9 Å². The number of amides is 2. The largest absolute Gasteiger partial charge is 0.497 e. The zero-order chi connectivity index (χ0) is 22.3. The highest BCUT2D eigenvalue weighted by molar-refractivity contribution is 5.93. The molecule has 0 unspecified atom stereocenters. The number of nitrogens with one attached hydrogen (secondary N) is 1. The van der Waals surface area contributed by atoms with Gasteiger partial charge in [-0.15, -0.1) is 0 Å². The van der Waals surface area contributed by atoms with Crippen LogP contribution in [-0.2, 0) is 22.3 Å². The van der Waals surface area contributed by atoms with Crippen LogP contribution in [0.4, 0.5) is 18.9 Å². The number of likely N-dealkylation sites (N-methyl/N-ethyl adjacent to an activating group) is 2. The molecule has 0 bridgehead atoms. The molecule has 162 valence electrons. The first-order valence-corrected chi connectivity index (χ1v) is 9.11. The number of para-hydroxylation sites is 1. The van der Waals surface area contributed by atoms with Gasteiger partial charge in [0, 0.05) is 13.6 Å². The number of carbonyl (C=O) groups excluding carboxylic acids is 2. The molecule has 0 radical (unpaired) electrons. The predicted molar refractivity (Wildman–Crippen MR) is 107 cm³/mol. The fourth-order valence-electron chi connectivity index (χ4n) is 2.81. The van der Waals surface area contributed by atoms with Gasteiger partial charge in [-0.25, -0.2) is 0 Å². The van der Waals surface area contributed by atoms with Gasteiger partial charge in [-0.3, -0.25) is 14.5 Å². The van der Waals surface area contributed by atoms with Crippen LogP contribution in [0.25, 0.3) is 0 Å². The van der Waals surface area contributed by atoms with Gasteiger partial charge < -0.3 is 15.0 Å². The van der Waals surface area contributed by atoms with Gasteiger partial charge in [-0.2, -0.15) is 13.2 Å². The first kappa shape index (κ1) is 23.2. The fourth-order valence-corrected chi connectivity index (χ4v) is 2.81. The maximum Gasteiger partial charge on any atom is 0.418 e. The third kappa shape index (κ3) is 6.77. The van der Waals surface area contributed by atoms with Gasteiger partial charge in [0.2, 0.25) is 11.8 Å². The molecule has 0 aliphatic rings. The predicted octanol–water partition coefficient (Wildman–Crippen LogP) is 3.24. The van der Waals surface area contributed by atoms with Gasteiger partial charge in [0.1, 0.15) is 5.75 Å². The molecule has 0 aliphatic carbocycles. The maximum absolute atomic E-state index is 13.0. The van der Waals surface area contributed by atoms with Gasteiger partial charge in [0.05, 0.1) is 31.5 Å². The van der Waals surface area contributed by atoms with Gasteiger partial charge in [0.25, 0.3) is 0 Å². The highest BCUT2D eigenvalue weighted by atomic mass is 19.4. The summed E-state index contributed by atoms with van der Waals surface area (Å²) in [4.78, 5) is 27.5. The molecule has 0 spiro atoms. The smallest absolute Gasteiger partial charge is 0.418 e. The summed E-state index contributed by atoms with van der Waals surface area (Å²) in [7, 11) is 4.74. The van der Waals surface area contributed by atoms with E-state index in [0.717, 1.165) is 11.6 Å². The van der Waals surface area contributed by atoms with Crippen LogP contribution in [-0.4, -0.2) is 55.9 Å². The van der Waals surface area contributed by atoms with E-state index in [-0.39, 0.29) is 24.7 Å². The third-order valence-corrected chi connectivity index (χ3v) is 4.30. The van der Waals surface area contributed by atoms with E-state index in [1.165, 1.54) is 28.0 Å². The van der Waals surface area contributed by atoms with Crippen LogP contribution < -0.4 is 10.1 Å². The van der Waals surface area contributed by atoms with Crippen molar-refractivity contribution in [3.8, 4) is 5.75 Å². The Labute approximate surface area is 173 Å². The van der Waals surface area contributed by atoms with E-state index < -0.39 is 17.6 Å². The van der Waals surface area contributed by atoms with Crippen molar-refractivity contribution in [2.24, 2.45) is 0 Å². The van der Waals surface area contributed by atoms with Gasteiger partial charge in [-0.05, 0) is 36.9 Å². The molecule has 9 heteroatoms. The van der Waals surface area contributed by atoms with Crippen molar-refractivity contribution >= 4 is 17.5 Å². The summed E-state index contributed by atoms with van der Waals surface area (Å²) in [5, 5.41) is 2.26. The Kier molecular flexibility index (Phi) is 7.82. The molecule has 0 saturated carbocycles. The lowest BCUT2D eigenvalue weighted by Gasteiger charge is -2.22. The van der Waals surface area contributed by atoms with Gasteiger partial charge in [-0.1, -0.05) is 24.3 Å². The molecule has 0 atom stereocenters. The molecule has 0 aliphatic heterocycles. The molecule has 0 aromatic heterocycles. The molecular formula is C21H24F3N3O3. The average molecular weight is 423 g/mol. The minimum absolute atomic E-state index is 0.0607. The van der Waals surface area contributed by atoms with E-state index in [9.17, 15) is 22.8 Å². The fraction of sp³-hybridized carbons (Fsp3) is 0.333. The Bertz CT molecular complexity index is 887. The van der Waals surface area contributed by atoms with Crippen molar-refractivity contribution in [1.29, 1.82) is 0 Å². The maximum atomic E-state index is 13.0. The SMILES string of the molecule is COc1cccc(CN(C)C(=O)CN(C)CC(=O)Nc2ccccc2C(F)(F)F)c1. The van der Waals surface area contributed by atoms with Crippen LogP contribution in [0.1, 0.15) is 11.1 Å². The van der Waals surface area contributed by atoms with Crippen molar-refractivity contribution < 1.29 is 27.5 Å². The number of anilines is 1. The summed E-state index contributed by atoms with van der Waals surface area (Å²) in [6.45, 7) is 0.0643. The van der Waals surface area contributed by atoms with Crippen molar-refractivity contribution in [2.75, 3.05) is 39.6 Å². The van der Waals surface area contributed by atoms with E-state index in [1.54, 1.807) is 27.3 Å². The van der Waals surface area contributed by atoms with Crippen LogP contribution in [0, 0.1) is 0 Å². The van der Waals surface area contributed by atoms with Crippen LogP contribution in [0.15, 0.2) is 48.5 Å². The zero-order valence-electron chi connectivity index (χ0n) is 17.0. The average Bonchev–Trinajstić information content (AvgIpc) is 2.67. The van der Waals surface area contributed by atoms with Crippen LogP contribution in [0.5, 0.6) is 5.75 Å². The van der Waals surface area contributed by atoms with E-state index in [2.05, 4.69) is 5.32 Å². The first-order valence-electron chi connectivity index (χ1n) is 9.11. The Morgan fingerprint density at radius 3 is 2.40 bits per heavy atom. The highest BCUT2D eigenvalue weighted by Gasteiger charge is 2.33. The number of ether oxygens (including phenoxy) is 1. The summed E-state index contributed by atoms with van der Waals surface area (Å²) in [6.07, 6.45) is -4.57. The number of alkyl halides is 3. The number of rotatable bonds is 8.